The summed E-state index contributed by atoms with van der Waals surface area (Å²) in [7, 11) is 0. The Labute approximate surface area is 114 Å². The summed E-state index contributed by atoms with van der Waals surface area (Å²) in [4.78, 5) is 21.5. The lowest BCUT2D eigenvalue weighted by molar-refractivity contribution is -0.145. The zero-order valence-electron chi connectivity index (χ0n) is 11.5. The lowest BCUT2D eigenvalue weighted by Gasteiger charge is -2.04. The van der Waals surface area contributed by atoms with Crippen molar-refractivity contribution >= 4 is 11.9 Å². The number of ether oxygens (including phenoxy) is 2. The number of carbonyl (C=O) groups is 2. The average molecular weight is 266 g/mol. The van der Waals surface area contributed by atoms with Crippen molar-refractivity contribution in [2.75, 3.05) is 13.2 Å². The van der Waals surface area contributed by atoms with E-state index in [0.29, 0.717) is 12.2 Å². The molecule has 0 N–H and O–H groups in total. The summed E-state index contributed by atoms with van der Waals surface area (Å²) in [6.45, 7) is 12.8. The molecule has 0 saturated carbocycles. The van der Waals surface area contributed by atoms with Crippen molar-refractivity contribution in [2.24, 2.45) is 5.92 Å². The van der Waals surface area contributed by atoms with Gasteiger partial charge in [0, 0.05) is 5.57 Å². The van der Waals surface area contributed by atoms with Crippen LogP contribution in [0.4, 0.5) is 0 Å². The van der Waals surface area contributed by atoms with Crippen LogP contribution in [0.25, 0.3) is 0 Å². The Kier molecular flexibility index (Phi) is 9.14. The van der Waals surface area contributed by atoms with E-state index in [1.54, 1.807) is 13.0 Å². The molecule has 1 aliphatic rings. The van der Waals surface area contributed by atoms with Crippen molar-refractivity contribution in [3.8, 4) is 0 Å². The second kappa shape index (κ2) is 10.1. The third-order valence-corrected chi connectivity index (χ3v) is 2.42. The van der Waals surface area contributed by atoms with Gasteiger partial charge in [-0.3, -0.25) is 4.79 Å². The summed E-state index contributed by atoms with van der Waals surface area (Å²) in [5, 5.41) is 0. The molecule has 4 heteroatoms. The van der Waals surface area contributed by atoms with E-state index in [9.17, 15) is 9.59 Å². The normalized spacial score (nSPS) is 17.9. The zero-order valence-corrected chi connectivity index (χ0v) is 11.5. The number of hydrogen-bond acceptors (Lipinski definition) is 4. The van der Waals surface area contributed by atoms with Gasteiger partial charge in [0.05, 0.1) is 12.5 Å². The summed E-state index contributed by atoms with van der Waals surface area (Å²) >= 11 is 0. The fraction of sp³-hybridized carbons (Fsp3) is 0.467. The molecular formula is C15H22O4. The Morgan fingerprint density at radius 1 is 1.47 bits per heavy atom. The lowest BCUT2D eigenvalue weighted by Crippen LogP contribution is -2.12. The molecule has 0 radical (unpaired) electrons. The fourth-order valence-electron chi connectivity index (χ4n) is 1.34. The largest absolute Gasteiger partial charge is 0.465 e. The zero-order chi connectivity index (χ0) is 14.7. The van der Waals surface area contributed by atoms with E-state index in [0.717, 1.165) is 19.3 Å². The molecule has 0 aromatic heterocycles. The third-order valence-electron chi connectivity index (χ3n) is 2.42. The van der Waals surface area contributed by atoms with Crippen molar-refractivity contribution in [2.45, 2.75) is 26.2 Å². The Morgan fingerprint density at radius 2 is 2.16 bits per heavy atom. The first kappa shape index (κ1) is 17.2. The number of rotatable bonds is 4. The van der Waals surface area contributed by atoms with Crippen LogP contribution in [0.2, 0.25) is 0 Å². The summed E-state index contributed by atoms with van der Waals surface area (Å²) < 4.78 is 9.49. The van der Waals surface area contributed by atoms with Gasteiger partial charge in [0.2, 0.25) is 0 Å². The van der Waals surface area contributed by atoms with E-state index in [-0.39, 0.29) is 24.5 Å². The quantitative estimate of drug-likeness (QED) is 0.446. The van der Waals surface area contributed by atoms with Crippen molar-refractivity contribution in [1.82, 2.24) is 0 Å². The van der Waals surface area contributed by atoms with E-state index >= 15 is 0 Å². The van der Waals surface area contributed by atoms with Crippen LogP contribution in [0.3, 0.4) is 0 Å². The van der Waals surface area contributed by atoms with Gasteiger partial charge in [0.1, 0.15) is 6.61 Å². The molecule has 0 bridgehead atoms. The van der Waals surface area contributed by atoms with Crippen molar-refractivity contribution in [1.29, 1.82) is 0 Å². The van der Waals surface area contributed by atoms with E-state index in [4.69, 9.17) is 4.74 Å². The standard InChI is InChI=1S/C8H12O2.C7H10O2/c1-2-7-5-3-4-6-10-8(7)9;1-4-5-9-7(8)6(2)3/h2,7H,1,3-6H2;4H,1-2,5H2,3H3. The van der Waals surface area contributed by atoms with Crippen LogP contribution in [0.1, 0.15) is 26.2 Å². The molecule has 0 aromatic carbocycles. The predicted octanol–water partition coefficient (Wildman–Crippen LogP) is 2.81. The summed E-state index contributed by atoms with van der Waals surface area (Å²) in [6.07, 6.45) is 6.16. The van der Waals surface area contributed by atoms with Gasteiger partial charge in [-0.2, -0.15) is 0 Å². The van der Waals surface area contributed by atoms with Gasteiger partial charge >= 0.3 is 11.9 Å². The first-order valence-electron chi connectivity index (χ1n) is 6.25. The Morgan fingerprint density at radius 3 is 2.68 bits per heavy atom. The molecule has 1 unspecified atom stereocenters. The summed E-state index contributed by atoms with van der Waals surface area (Å²) in [5.74, 6) is -0.523. The molecule has 1 saturated heterocycles. The maximum Gasteiger partial charge on any atom is 0.333 e. The minimum absolute atomic E-state index is 0.0532. The first-order chi connectivity index (χ1) is 9.02. The topological polar surface area (TPSA) is 52.6 Å². The van der Waals surface area contributed by atoms with E-state index < -0.39 is 0 Å². The molecule has 4 nitrogen and oxygen atoms in total. The van der Waals surface area contributed by atoms with Gasteiger partial charge in [-0.1, -0.05) is 25.3 Å². The minimum atomic E-state index is -0.366. The van der Waals surface area contributed by atoms with Gasteiger partial charge < -0.3 is 9.47 Å². The van der Waals surface area contributed by atoms with Crippen LogP contribution in [-0.2, 0) is 19.1 Å². The SMILES string of the molecule is C=CC1CCCCOC1=O.C=CCOC(=O)C(=C)C. The lowest BCUT2D eigenvalue weighted by atomic mass is 10.0. The number of hydrogen-bond donors (Lipinski definition) is 0. The third kappa shape index (κ3) is 7.97. The minimum Gasteiger partial charge on any atom is -0.465 e. The highest BCUT2D eigenvalue weighted by Crippen LogP contribution is 2.15. The predicted molar refractivity (Wildman–Crippen MR) is 74.5 cm³/mol. The van der Waals surface area contributed by atoms with Crippen molar-refractivity contribution in [3.05, 3.63) is 37.5 Å². The van der Waals surface area contributed by atoms with Gasteiger partial charge in [-0.05, 0) is 26.2 Å². The molecule has 1 fully saturated rings. The highest BCUT2D eigenvalue weighted by molar-refractivity contribution is 5.86. The number of carbonyl (C=O) groups excluding carboxylic acids is 2. The molecular weight excluding hydrogens is 244 g/mol. The van der Waals surface area contributed by atoms with Crippen molar-refractivity contribution < 1.29 is 19.1 Å². The van der Waals surface area contributed by atoms with Crippen LogP contribution >= 0.6 is 0 Å². The van der Waals surface area contributed by atoms with Gasteiger partial charge in [-0.15, -0.1) is 6.58 Å². The van der Waals surface area contributed by atoms with Crippen LogP contribution in [-0.4, -0.2) is 25.2 Å². The first-order valence-corrected chi connectivity index (χ1v) is 6.25. The highest BCUT2D eigenvalue weighted by atomic mass is 16.5. The fourth-order valence-corrected chi connectivity index (χ4v) is 1.34. The molecule has 1 heterocycles. The van der Waals surface area contributed by atoms with E-state index in [2.05, 4.69) is 24.5 Å². The van der Waals surface area contributed by atoms with Crippen LogP contribution < -0.4 is 0 Å². The van der Waals surface area contributed by atoms with Crippen LogP contribution in [0.15, 0.2) is 37.5 Å². The summed E-state index contributed by atoms with van der Waals surface area (Å²) in [6, 6.07) is 0. The number of esters is 2. The Bertz CT molecular complexity index is 344. The maximum atomic E-state index is 11.0. The summed E-state index contributed by atoms with van der Waals surface area (Å²) in [5.41, 5.74) is 0.414. The maximum absolute atomic E-state index is 11.0. The van der Waals surface area contributed by atoms with Gasteiger partial charge in [0.15, 0.2) is 0 Å². The van der Waals surface area contributed by atoms with Gasteiger partial charge in [0.25, 0.3) is 0 Å². The molecule has 1 atom stereocenters. The van der Waals surface area contributed by atoms with Crippen LogP contribution in [0, 0.1) is 5.92 Å². The monoisotopic (exact) mass is 266 g/mol. The molecule has 1 rings (SSSR count). The molecule has 0 aromatic rings. The van der Waals surface area contributed by atoms with Gasteiger partial charge in [-0.25, -0.2) is 4.79 Å². The number of cyclic esters (lactones) is 1. The Balaban J connectivity index is 0.000000344. The molecule has 1 aliphatic heterocycles. The van der Waals surface area contributed by atoms with Crippen LogP contribution in [0.5, 0.6) is 0 Å². The molecule has 0 aliphatic carbocycles. The molecule has 106 valence electrons. The second-order valence-corrected chi connectivity index (χ2v) is 4.17. The van der Waals surface area contributed by atoms with E-state index in [1.807, 2.05) is 0 Å². The average Bonchev–Trinajstić information content (AvgIpc) is 2.60. The van der Waals surface area contributed by atoms with Crippen molar-refractivity contribution in [3.63, 3.8) is 0 Å². The molecule has 0 amide bonds. The Hall–Kier alpha value is -1.84. The molecule has 19 heavy (non-hydrogen) atoms. The van der Waals surface area contributed by atoms with E-state index in [1.165, 1.54) is 6.08 Å². The smallest absolute Gasteiger partial charge is 0.333 e. The molecule has 0 spiro atoms. The highest BCUT2D eigenvalue weighted by Gasteiger charge is 2.18. The second-order valence-electron chi connectivity index (χ2n) is 4.17.